The molecule has 1 heterocycles. The second-order valence-electron chi connectivity index (χ2n) is 6.22. The van der Waals surface area contributed by atoms with Crippen LogP contribution in [0, 0.1) is 0 Å². The highest BCUT2D eigenvalue weighted by atomic mass is 35.5. The molecule has 2 amide bonds. The van der Waals surface area contributed by atoms with E-state index in [0.717, 1.165) is 5.69 Å². The first kappa shape index (κ1) is 19.8. The molecule has 0 saturated carbocycles. The monoisotopic (exact) mass is 403 g/mol. The molecule has 2 aromatic carbocycles. The lowest BCUT2D eigenvalue weighted by atomic mass is 10.1. The predicted octanol–water partition coefficient (Wildman–Crippen LogP) is 1.85. The molecule has 0 aromatic heterocycles. The quantitative estimate of drug-likeness (QED) is 0.690. The number of rotatable bonds is 7. The maximum atomic E-state index is 12.4. The first-order chi connectivity index (χ1) is 13.6. The van der Waals surface area contributed by atoms with Gasteiger partial charge in [0.2, 0.25) is 5.91 Å². The highest BCUT2D eigenvalue weighted by Gasteiger charge is 2.30. The summed E-state index contributed by atoms with van der Waals surface area (Å²) in [5.74, 6) is 0.888. The van der Waals surface area contributed by atoms with Crippen LogP contribution in [-0.4, -0.2) is 51.2 Å². The number of amides is 2. The number of benzene rings is 2. The Labute approximate surface area is 168 Å². The van der Waals surface area contributed by atoms with Crippen LogP contribution >= 0.6 is 11.6 Å². The SMILES string of the molecule is CNC(=O)[C@H]1CN(CC(=O)NCCOc2ccc(Cl)cc2)c2ccccc2O1. The minimum absolute atomic E-state index is 0.120. The van der Waals surface area contributed by atoms with Crippen LogP contribution in [0.2, 0.25) is 5.02 Å². The van der Waals surface area contributed by atoms with Crippen LogP contribution in [-0.2, 0) is 9.59 Å². The number of fused-ring (bicyclic) bond motifs is 1. The van der Waals surface area contributed by atoms with Crippen molar-refractivity contribution in [3.05, 3.63) is 53.6 Å². The van der Waals surface area contributed by atoms with Crippen LogP contribution in [0.25, 0.3) is 0 Å². The van der Waals surface area contributed by atoms with Crippen LogP contribution in [0.3, 0.4) is 0 Å². The van der Waals surface area contributed by atoms with Gasteiger partial charge in [0.15, 0.2) is 6.10 Å². The Hall–Kier alpha value is -2.93. The van der Waals surface area contributed by atoms with E-state index < -0.39 is 6.10 Å². The smallest absolute Gasteiger partial charge is 0.262 e. The molecule has 0 radical (unpaired) electrons. The van der Waals surface area contributed by atoms with E-state index >= 15 is 0 Å². The van der Waals surface area contributed by atoms with Gasteiger partial charge in [0.05, 0.1) is 25.3 Å². The largest absolute Gasteiger partial charge is 0.492 e. The summed E-state index contributed by atoms with van der Waals surface area (Å²) >= 11 is 5.83. The molecule has 0 bridgehead atoms. The second-order valence-corrected chi connectivity index (χ2v) is 6.66. The zero-order valence-corrected chi connectivity index (χ0v) is 16.2. The van der Waals surface area contributed by atoms with Gasteiger partial charge in [0, 0.05) is 12.1 Å². The normalized spacial score (nSPS) is 15.2. The number of halogens is 1. The van der Waals surface area contributed by atoms with Gasteiger partial charge in [0.25, 0.3) is 5.91 Å². The van der Waals surface area contributed by atoms with Crippen molar-refractivity contribution in [2.24, 2.45) is 0 Å². The number of nitrogens with one attached hydrogen (secondary N) is 2. The van der Waals surface area contributed by atoms with Gasteiger partial charge in [-0.1, -0.05) is 23.7 Å². The number of anilines is 1. The molecule has 0 aliphatic carbocycles. The Morgan fingerprint density at radius 3 is 2.71 bits per heavy atom. The molecule has 1 aliphatic heterocycles. The third-order valence-electron chi connectivity index (χ3n) is 4.24. The molecule has 1 atom stereocenters. The molecular weight excluding hydrogens is 382 g/mol. The summed E-state index contributed by atoms with van der Waals surface area (Å²) in [7, 11) is 1.56. The summed E-state index contributed by atoms with van der Waals surface area (Å²) in [6.45, 7) is 1.13. The maximum absolute atomic E-state index is 12.4. The lowest BCUT2D eigenvalue weighted by Crippen LogP contribution is -2.50. The van der Waals surface area contributed by atoms with Gasteiger partial charge in [-0.15, -0.1) is 0 Å². The van der Waals surface area contributed by atoms with Gasteiger partial charge >= 0.3 is 0 Å². The number of nitrogens with zero attached hydrogens (tertiary/aromatic N) is 1. The van der Waals surface area contributed by atoms with Crippen molar-refractivity contribution in [1.82, 2.24) is 10.6 Å². The fraction of sp³-hybridized carbons (Fsp3) is 0.300. The summed E-state index contributed by atoms with van der Waals surface area (Å²) in [6, 6.07) is 14.4. The van der Waals surface area contributed by atoms with E-state index in [1.54, 1.807) is 37.4 Å². The van der Waals surface area contributed by atoms with E-state index in [9.17, 15) is 9.59 Å². The van der Waals surface area contributed by atoms with Gasteiger partial charge in [-0.3, -0.25) is 9.59 Å². The molecule has 0 unspecified atom stereocenters. The molecule has 2 aromatic rings. The lowest BCUT2D eigenvalue weighted by Gasteiger charge is -2.34. The van der Waals surface area contributed by atoms with Gasteiger partial charge < -0.3 is 25.0 Å². The number of para-hydroxylation sites is 2. The summed E-state index contributed by atoms with van der Waals surface area (Å²) in [4.78, 5) is 26.2. The minimum atomic E-state index is -0.666. The van der Waals surface area contributed by atoms with E-state index in [2.05, 4.69) is 10.6 Å². The fourth-order valence-electron chi connectivity index (χ4n) is 2.87. The number of hydrogen-bond acceptors (Lipinski definition) is 5. The van der Waals surface area contributed by atoms with E-state index in [0.29, 0.717) is 36.2 Å². The van der Waals surface area contributed by atoms with Crippen LogP contribution in [0.4, 0.5) is 5.69 Å². The number of ether oxygens (including phenoxy) is 2. The topological polar surface area (TPSA) is 79.9 Å². The van der Waals surface area contributed by atoms with Crippen molar-refractivity contribution >= 4 is 29.1 Å². The van der Waals surface area contributed by atoms with Crippen LogP contribution in [0.5, 0.6) is 11.5 Å². The van der Waals surface area contributed by atoms with E-state index in [1.165, 1.54) is 0 Å². The molecule has 8 heteroatoms. The summed E-state index contributed by atoms with van der Waals surface area (Å²) in [5, 5.41) is 6.05. The predicted molar refractivity (Wildman–Crippen MR) is 107 cm³/mol. The van der Waals surface area contributed by atoms with Crippen molar-refractivity contribution in [3.8, 4) is 11.5 Å². The lowest BCUT2D eigenvalue weighted by molar-refractivity contribution is -0.127. The first-order valence-corrected chi connectivity index (χ1v) is 9.32. The number of hydrogen-bond donors (Lipinski definition) is 2. The van der Waals surface area contributed by atoms with Gasteiger partial charge in [0.1, 0.15) is 18.1 Å². The molecule has 0 saturated heterocycles. The van der Waals surface area contributed by atoms with Gasteiger partial charge in [-0.25, -0.2) is 0 Å². The van der Waals surface area contributed by atoms with E-state index in [4.69, 9.17) is 21.1 Å². The average molecular weight is 404 g/mol. The molecule has 0 spiro atoms. The molecule has 148 valence electrons. The number of carbonyl (C=O) groups is 2. The maximum Gasteiger partial charge on any atom is 0.262 e. The fourth-order valence-corrected chi connectivity index (χ4v) is 3.00. The van der Waals surface area contributed by atoms with Crippen molar-refractivity contribution in [2.45, 2.75) is 6.10 Å². The summed E-state index contributed by atoms with van der Waals surface area (Å²) in [5.41, 5.74) is 0.787. The standard InChI is InChI=1S/C20H22ClN3O4/c1-22-20(26)18-12-24(16-4-2-3-5-17(16)28-18)13-19(25)23-10-11-27-15-8-6-14(21)7-9-15/h2-9,18H,10-13H2,1H3,(H,22,26)(H,23,25)/t18-/m1/s1. The van der Waals surface area contributed by atoms with Crippen molar-refractivity contribution in [1.29, 1.82) is 0 Å². The zero-order valence-electron chi connectivity index (χ0n) is 15.5. The van der Waals surface area contributed by atoms with Crippen LogP contribution < -0.4 is 25.0 Å². The second kappa shape index (κ2) is 9.32. The molecular formula is C20H22ClN3O4. The zero-order chi connectivity index (χ0) is 19.9. The molecule has 28 heavy (non-hydrogen) atoms. The van der Waals surface area contributed by atoms with E-state index in [-0.39, 0.29) is 18.4 Å². The highest BCUT2D eigenvalue weighted by molar-refractivity contribution is 6.30. The van der Waals surface area contributed by atoms with Crippen molar-refractivity contribution in [2.75, 3.05) is 38.2 Å². The number of carbonyl (C=O) groups excluding carboxylic acids is 2. The Bertz CT molecular complexity index is 828. The van der Waals surface area contributed by atoms with Crippen molar-refractivity contribution in [3.63, 3.8) is 0 Å². The van der Waals surface area contributed by atoms with E-state index in [1.807, 2.05) is 23.1 Å². The molecule has 3 rings (SSSR count). The number of likely N-dealkylation sites (N-methyl/N-ethyl adjacent to an activating group) is 1. The Morgan fingerprint density at radius 1 is 1.21 bits per heavy atom. The average Bonchev–Trinajstić information content (AvgIpc) is 2.71. The minimum Gasteiger partial charge on any atom is -0.492 e. The van der Waals surface area contributed by atoms with Gasteiger partial charge in [-0.05, 0) is 36.4 Å². The Morgan fingerprint density at radius 2 is 1.96 bits per heavy atom. The Kier molecular flexibility index (Phi) is 6.60. The van der Waals surface area contributed by atoms with Crippen LogP contribution in [0.1, 0.15) is 0 Å². The highest BCUT2D eigenvalue weighted by Crippen LogP contribution is 2.32. The molecule has 1 aliphatic rings. The summed E-state index contributed by atoms with van der Waals surface area (Å²) < 4.78 is 11.3. The third-order valence-corrected chi connectivity index (χ3v) is 4.49. The third kappa shape index (κ3) is 5.07. The summed E-state index contributed by atoms with van der Waals surface area (Å²) in [6.07, 6.45) is -0.666. The first-order valence-electron chi connectivity index (χ1n) is 8.94. The van der Waals surface area contributed by atoms with Crippen molar-refractivity contribution < 1.29 is 19.1 Å². The molecule has 2 N–H and O–H groups in total. The van der Waals surface area contributed by atoms with Gasteiger partial charge in [-0.2, -0.15) is 0 Å². The van der Waals surface area contributed by atoms with Crippen LogP contribution in [0.15, 0.2) is 48.5 Å². The molecule has 0 fully saturated rings. The Balaban J connectivity index is 1.52. The molecule has 7 nitrogen and oxygen atoms in total.